The number of sulfonamides is 1. The highest BCUT2D eigenvalue weighted by Gasteiger charge is 2.35. The van der Waals surface area contributed by atoms with E-state index in [-0.39, 0.29) is 29.5 Å². The summed E-state index contributed by atoms with van der Waals surface area (Å²) in [7, 11) is -4.38. The van der Waals surface area contributed by atoms with Crippen molar-refractivity contribution < 1.29 is 22.4 Å². The molecular weight excluding hydrogens is 589 g/mol. The average molecular weight is 630 g/mol. The Kier molecular flexibility index (Phi) is 11.5. The molecule has 4 aromatic carbocycles. The zero-order valence-electron chi connectivity index (χ0n) is 25.9. The average Bonchev–Trinajstić information content (AvgIpc) is 3.03. The molecule has 9 heteroatoms. The summed E-state index contributed by atoms with van der Waals surface area (Å²) >= 11 is 0. The number of nitrogens with zero attached hydrogens (tertiary/aromatic N) is 2. The number of hydrogen-bond acceptors (Lipinski definition) is 4. The molecule has 0 fully saturated rings. The molecule has 0 radical (unpaired) electrons. The molecule has 0 aliphatic rings. The molecule has 0 aliphatic heterocycles. The Balaban J connectivity index is 1.79. The number of para-hydroxylation sites is 1. The molecular formula is C36H40FN3O4S. The number of hydrogen-bond donors (Lipinski definition) is 1. The Bertz CT molecular complexity index is 1680. The standard InChI is InChI=1S/C36H40FN3O4S/c1-4-5-23-38-36(42)34(24-29-11-7-6-8-12-29)39(25-30-19-15-27(2)16-20-30)35(41)26-40(33-14-10-9-13-32(33)37)45(43,44)31-21-17-28(3)18-22-31/h6-22,34H,4-5,23-26H2,1-3H3,(H,38,42). The van der Waals surface area contributed by atoms with Gasteiger partial charge in [0.15, 0.2) is 0 Å². The lowest BCUT2D eigenvalue weighted by Gasteiger charge is -2.34. The van der Waals surface area contributed by atoms with Crippen LogP contribution in [0.3, 0.4) is 0 Å². The normalized spacial score (nSPS) is 11.9. The van der Waals surface area contributed by atoms with E-state index in [0.29, 0.717) is 6.54 Å². The smallest absolute Gasteiger partial charge is 0.264 e. The molecule has 0 bridgehead atoms. The number of nitrogens with one attached hydrogen (secondary N) is 1. The molecule has 1 atom stereocenters. The van der Waals surface area contributed by atoms with Gasteiger partial charge in [-0.05, 0) is 55.7 Å². The van der Waals surface area contributed by atoms with Gasteiger partial charge in [-0.15, -0.1) is 0 Å². The van der Waals surface area contributed by atoms with Gasteiger partial charge in [0.05, 0.1) is 10.6 Å². The summed E-state index contributed by atoms with van der Waals surface area (Å²) in [5.41, 5.74) is 3.24. The molecule has 0 saturated carbocycles. The van der Waals surface area contributed by atoms with Gasteiger partial charge in [-0.25, -0.2) is 12.8 Å². The number of amides is 2. The molecule has 7 nitrogen and oxygen atoms in total. The summed E-state index contributed by atoms with van der Waals surface area (Å²) < 4.78 is 44.1. The third-order valence-electron chi connectivity index (χ3n) is 7.58. The van der Waals surface area contributed by atoms with Gasteiger partial charge in [-0.1, -0.05) is 103 Å². The van der Waals surface area contributed by atoms with E-state index in [9.17, 15) is 18.0 Å². The lowest BCUT2D eigenvalue weighted by molar-refractivity contribution is -0.140. The molecule has 0 aromatic heterocycles. The van der Waals surface area contributed by atoms with Crippen LogP contribution < -0.4 is 9.62 Å². The van der Waals surface area contributed by atoms with Crippen LogP contribution in [-0.2, 0) is 32.6 Å². The van der Waals surface area contributed by atoms with Crippen molar-refractivity contribution in [2.75, 3.05) is 17.4 Å². The van der Waals surface area contributed by atoms with Gasteiger partial charge in [-0.3, -0.25) is 13.9 Å². The Morgan fingerprint density at radius 3 is 2.02 bits per heavy atom. The van der Waals surface area contributed by atoms with Gasteiger partial charge >= 0.3 is 0 Å². The van der Waals surface area contributed by atoms with E-state index < -0.39 is 34.3 Å². The molecule has 236 valence electrons. The van der Waals surface area contributed by atoms with Crippen LogP contribution in [0.2, 0.25) is 0 Å². The van der Waals surface area contributed by atoms with E-state index in [1.54, 1.807) is 12.1 Å². The van der Waals surface area contributed by atoms with E-state index in [2.05, 4.69) is 5.32 Å². The summed E-state index contributed by atoms with van der Waals surface area (Å²) in [4.78, 5) is 29.5. The first-order chi connectivity index (χ1) is 21.6. The zero-order chi connectivity index (χ0) is 32.4. The van der Waals surface area contributed by atoms with Crippen molar-refractivity contribution in [3.63, 3.8) is 0 Å². The number of benzene rings is 4. The Morgan fingerprint density at radius 1 is 0.800 bits per heavy atom. The molecule has 0 heterocycles. The van der Waals surface area contributed by atoms with Crippen LogP contribution in [0.25, 0.3) is 0 Å². The Labute approximate surface area is 265 Å². The predicted molar refractivity (Wildman–Crippen MR) is 176 cm³/mol. The predicted octanol–water partition coefficient (Wildman–Crippen LogP) is 6.19. The summed E-state index contributed by atoms with van der Waals surface area (Å²) in [5.74, 6) is -1.77. The number of rotatable bonds is 14. The van der Waals surface area contributed by atoms with Crippen LogP contribution in [0.15, 0.2) is 108 Å². The maximum absolute atomic E-state index is 15.2. The van der Waals surface area contributed by atoms with Crippen LogP contribution in [0.1, 0.15) is 42.0 Å². The minimum absolute atomic E-state index is 0.0491. The molecule has 4 aromatic rings. The molecule has 0 aliphatic carbocycles. The molecule has 0 saturated heterocycles. The monoisotopic (exact) mass is 629 g/mol. The van der Waals surface area contributed by atoms with Crippen molar-refractivity contribution >= 4 is 27.5 Å². The second-order valence-corrected chi connectivity index (χ2v) is 13.0. The van der Waals surface area contributed by atoms with E-state index in [0.717, 1.165) is 45.5 Å². The number of carbonyl (C=O) groups is 2. The number of halogens is 1. The minimum Gasteiger partial charge on any atom is -0.354 e. The van der Waals surface area contributed by atoms with Crippen molar-refractivity contribution in [3.8, 4) is 0 Å². The lowest BCUT2D eigenvalue weighted by atomic mass is 10.0. The topological polar surface area (TPSA) is 86.8 Å². The van der Waals surface area contributed by atoms with Gasteiger partial charge in [0, 0.05) is 19.5 Å². The van der Waals surface area contributed by atoms with Crippen molar-refractivity contribution in [1.29, 1.82) is 0 Å². The highest BCUT2D eigenvalue weighted by Crippen LogP contribution is 2.27. The van der Waals surface area contributed by atoms with E-state index in [1.807, 2.05) is 75.4 Å². The fourth-order valence-corrected chi connectivity index (χ4v) is 6.38. The van der Waals surface area contributed by atoms with Gasteiger partial charge in [0.2, 0.25) is 11.8 Å². The third-order valence-corrected chi connectivity index (χ3v) is 9.36. The fourth-order valence-electron chi connectivity index (χ4n) is 4.96. The van der Waals surface area contributed by atoms with E-state index >= 15 is 4.39 Å². The largest absolute Gasteiger partial charge is 0.354 e. The highest BCUT2D eigenvalue weighted by atomic mass is 32.2. The number of anilines is 1. The second kappa shape index (κ2) is 15.5. The lowest BCUT2D eigenvalue weighted by Crippen LogP contribution is -2.53. The van der Waals surface area contributed by atoms with E-state index in [1.165, 1.54) is 35.2 Å². The van der Waals surface area contributed by atoms with Crippen LogP contribution in [-0.4, -0.2) is 44.3 Å². The van der Waals surface area contributed by atoms with Crippen molar-refractivity contribution in [2.24, 2.45) is 0 Å². The zero-order valence-corrected chi connectivity index (χ0v) is 26.8. The van der Waals surface area contributed by atoms with Crippen LogP contribution in [0.4, 0.5) is 10.1 Å². The van der Waals surface area contributed by atoms with Crippen molar-refractivity contribution in [1.82, 2.24) is 10.2 Å². The summed E-state index contributed by atoms with van der Waals surface area (Å²) in [6, 6.07) is 27.6. The fraction of sp³-hybridized carbons (Fsp3) is 0.278. The first-order valence-electron chi connectivity index (χ1n) is 15.1. The van der Waals surface area contributed by atoms with Gasteiger partial charge < -0.3 is 10.2 Å². The van der Waals surface area contributed by atoms with E-state index in [4.69, 9.17) is 0 Å². The second-order valence-electron chi connectivity index (χ2n) is 11.1. The van der Waals surface area contributed by atoms with Crippen LogP contribution in [0, 0.1) is 19.7 Å². The number of unbranched alkanes of at least 4 members (excludes halogenated alkanes) is 1. The van der Waals surface area contributed by atoms with Crippen LogP contribution >= 0.6 is 0 Å². The van der Waals surface area contributed by atoms with Gasteiger partial charge in [-0.2, -0.15) is 0 Å². The first-order valence-corrected chi connectivity index (χ1v) is 16.5. The highest BCUT2D eigenvalue weighted by molar-refractivity contribution is 7.92. The SMILES string of the molecule is CCCCNC(=O)C(Cc1ccccc1)N(Cc1ccc(C)cc1)C(=O)CN(c1ccccc1F)S(=O)(=O)c1ccc(C)cc1. The quantitative estimate of drug-likeness (QED) is 0.169. The number of aryl methyl sites for hydroxylation is 2. The summed E-state index contributed by atoms with van der Waals surface area (Å²) in [6.07, 6.45) is 1.86. The molecule has 1 N–H and O–H groups in total. The molecule has 0 spiro atoms. The Hall–Kier alpha value is -4.50. The molecule has 45 heavy (non-hydrogen) atoms. The van der Waals surface area contributed by atoms with Gasteiger partial charge in [0.25, 0.3) is 10.0 Å². The maximum Gasteiger partial charge on any atom is 0.264 e. The third kappa shape index (κ3) is 8.79. The summed E-state index contributed by atoms with van der Waals surface area (Å²) in [5, 5.41) is 2.96. The molecule has 2 amide bonds. The van der Waals surface area contributed by atoms with Crippen molar-refractivity contribution in [3.05, 3.63) is 131 Å². The number of carbonyl (C=O) groups excluding carboxylic acids is 2. The van der Waals surface area contributed by atoms with Crippen LogP contribution in [0.5, 0.6) is 0 Å². The first kappa shape index (κ1) is 33.4. The van der Waals surface area contributed by atoms with Crippen molar-refractivity contribution in [2.45, 2.75) is 57.5 Å². The summed E-state index contributed by atoms with van der Waals surface area (Å²) in [6.45, 7) is 5.58. The van der Waals surface area contributed by atoms with Gasteiger partial charge in [0.1, 0.15) is 18.4 Å². The Morgan fingerprint density at radius 2 is 1.40 bits per heavy atom. The molecule has 4 rings (SSSR count). The minimum atomic E-state index is -4.38. The maximum atomic E-state index is 15.2. The molecule has 1 unspecified atom stereocenters.